The summed E-state index contributed by atoms with van der Waals surface area (Å²) in [5.74, 6) is -0.0515. The van der Waals surface area contributed by atoms with Crippen molar-refractivity contribution in [2.75, 3.05) is 37.9 Å². The highest BCUT2D eigenvalue weighted by Crippen LogP contribution is 2.18. The first kappa shape index (κ1) is 18.8. The Morgan fingerprint density at radius 3 is 2.38 bits per heavy atom. The van der Waals surface area contributed by atoms with E-state index in [-0.39, 0.29) is 10.8 Å². The lowest BCUT2D eigenvalue weighted by atomic mass is 10.2. The Labute approximate surface area is 156 Å². The molecule has 138 valence electrons. The quantitative estimate of drug-likeness (QED) is 0.766. The Balaban J connectivity index is 1.70. The van der Waals surface area contributed by atoms with E-state index < -0.39 is 10.0 Å². The molecule has 1 aromatic heterocycles. The molecule has 1 saturated heterocycles. The van der Waals surface area contributed by atoms with Gasteiger partial charge in [0.05, 0.1) is 18.1 Å². The first-order chi connectivity index (χ1) is 12.5. The number of morpholine rings is 1. The summed E-state index contributed by atoms with van der Waals surface area (Å²) in [5.41, 5.74) is 0.335. The van der Waals surface area contributed by atoms with Gasteiger partial charge in [-0.15, -0.1) is 22.0 Å². The first-order valence-corrected chi connectivity index (χ1v) is 10.5. The van der Waals surface area contributed by atoms with Crippen molar-refractivity contribution in [3.63, 3.8) is 0 Å². The number of amides is 1. The van der Waals surface area contributed by atoms with Gasteiger partial charge in [0, 0.05) is 18.7 Å². The van der Waals surface area contributed by atoms with E-state index in [4.69, 9.17) is 4.74 Å². The van der Waals surface area contributed by atoms with Gasteiger partial charge in [-0.25, -0.2) is 8.42 Å². The number of benzene rings is 1. The third kappa shape index (κ3) is 4.21. The largest absolute Gasteiger partial charge is 0.379 e. The zero-order valence-corrected chi connectivity index (χ0v) is 15.7. The summed E-state index contributed by atoms with van der Waals surface area (Å²) in [6.07, 6.45) is 1.88. The number of anilines is 1. The molecule has 0 saturated carbocycles. The van der Waals surface area contributed by atoms with Crippen molar-refractivity contribution in [1.82, 2.24) is 14.5 Å². The molecule has 1 fully saturated rings. The van der Waals surface area contributed by atoms with Crippen LogP contribution in [0.2, 0.25) is 0 Å². The van der Waals surface area contributed by atoms with Crippen LogP contribution in [0.3, 0.4) is 0 Å². The molecule has 8 nitrogen and oxygen atoms in total. The molecule has 1 aliphatic heterocycles. The van der Waals surface area contributed by atoms with Gasteiger partial charge < -0.3 is 10.1 Å². The highest BCUT2D eigenvalue weighted by atomic mass is 32.2. The first-order valence-electron chi connectivity index (χ1n) is 7.88. The maximum atomic E-state index is 12.6. The van der Waals surface area contributed by atoms with Crippen LogP contribution < -0.4 is 5.32 Å². The number of carbonyl (C=O) groups is 1. The molecule has 10 heteroatoms. The molecule has 0 spiro atoms. The number of nitrogens with one attached hydrogen (secondary N) is 1. The van der Waals surface area contributed by atoms with Gasteiger partial charge in [0.15, 0.2) is 5.82 Å². The standard InChI is InChI=1S/C16H18N4O4S2/c1-25-15-7-6-14(18-19-15)17-16(21)12-2-4-13(5-3-12)26(22,23)20-8-10-24-11-9-20/h2-7H,8-11H2,1H3,(H,17,18,21). The smallest absolute Gasteiger partial charge is 0.256 e. The van der Waals surface area contributed by atoms with E-state index >= 15 is 0 Å². The summed E-state index contributed by atoms with van der Waals surface area (Å²) < 4.78 is 31.7. The van der Waals surface area contributed by atoms with Crippen molar-refractivity contribution in [1.29, 1.82) is 0 Å². The highest BCUT2D eigenvalue weighted by molar-refractivity contribution is 7.98. The van der Waals surface area contributed by atoms with Gasteiger partial charge in [-0.2, -0.15) is 4.31 Å². The molecule has 0 radical (unpaired) electrons. The van der Waals surface area contributed by atoms with Crippen molar-refractivity contribution in [2.24, 2.45) is 0 Å². The minimum atomic E-state index is -3.57. The van der Waals surface area contributed by atoms with E-state index in [0.717, 1.165) is 5.03 Å². The molecule has 0 aliphatic carbocycles. The second kappa shape index (κ2) is 8.12. The molecule has 2 heterocycles. The van der Waals surface area contributed by atoms with Crippen LogP contribution in [0, 0.1) is 0 Å². The Morgan fingerprint density at radius 2 is 1.81 bits per heavy atom. The average Bonchev–Trinajstić information content (AvgIpc) is 2.69. The second-order valence-corrected chi connectivity index (χ2v) is 8.22. The topological polar surface area (TPSA) is 101 Å². The van der Waals surface area contributed by atoms with Crippen LogP contribution in [-0.4, -0.2) is 61.4 Å². The van der Waals surface area contributed by atoms with Gasteiger partial charge in [-0.05, 0) is 42.7 Å². The Morgan fingerprint density at radius 1 is 1.12 bits per heavy atom. The number of sulfonamides is 1. The number of rotatable bonds is 5. The van der Waals surface area contributed by atoms with E-state index in [0.29, 0.717) is 37.7 Å². The maximum absolute atomic E-state index is 12.6. The molecule has 0 atom stereocenters. The fraction of sp³-hybridized carbons (Fsp3) is 0.312. The number of ether oxygens (including phenoxy) is 1. The van der Waals surface area contributed by atoms with E-state index in [2.05, 4.69) is 15.5 Å². The van der Waals surface area contributed by atoms with Gasteiger partial charge in [0.25, 0.3) is 5.91 Å². The third-order valence-corrected chi connectivity index (χ3v) is 6.36. The van der Waals surface area contributed by atoms with E-state index in [1.54, 1.807) is 12.1 Å². The molecule has 1 aromatic carbocycles. The summed E-state index contributed by atoms with van der Waals surface area (Å²) in [6.45, 7) is 1.43. The summed E-state index contributed by atoms with van der Waals surface area (Å²) in [7, 11) is -3.57. The summed E-state index contributed by atoms with van der Waals surface area (Å²) >= 11 is 1.45. The molecular weight excluding hydrogens is 376 g/mol. The zero-order chi connectivity index (χ0) is 18.6. The maximum Gasteiger partial charge on any atom is 0.256 e. The second-order valence-electron chi connectivity index (χ2n) is 5.46. The van der Waals surface area contributed by atoms with Gasteiger partial charge in [-0.1, -0.05) is 0 Å². The van der Waals surface area contributed by atoms with Crippen LogP contribution in [0.5, 0.6) is 0 Å². The Kier molecular flexibility index (Phi) is 5.87. The molecule has 0 bridgehead atoms. The number of aromatic nitrogens is 2. The number of carbonyl (C=O) groups excluding carboxylic acids is 1. The highest BCUT2D eigenvalue weighted by Gasteiger charge is 2.26. The van der Waals surface area contributed by atoms with Crippen LogP contribution >= 0.6 is 11.8 Å². The molecule has 3 rings (SSSR count). The lowest BCUT2D eigenvalue weighted by Gasteiger charge is -2.26. The van der Waals surface area contributed by atoms with Gasteiger partial charge >= 0.3 is 0 Å². The third-order valence-electron chi connectivity index (χ3n) is 3.82. The zero-order valence-electron chi connectivity index (χ0n) is 14.1. The molecular formula is C16H18N4O4S2. The molecule has 0 unspecified atom stereocenters. The normalized spacial score (nSPS) is 15.6. The lowest BCUT2D eigenvalue weighted by molar-refractivity contribution is 0.0730. The van der Waals surface area contributed by atoms with Crippen LogP contribution in [0.4, 0.5) is 5.82 Å². The molecule has 1 aliphatic rings. The predicted octanol–water partition coefficient (Wildman–Crippen LogP) is 1.47. The van der Waals surface area contributed by atoms with Crippen LogP contribution in [-0.2, 0) is 14.8 Å². The summed E-state index contributed by atoms with van der Waals surface area (Å²) in [5, 5.41) is 11.2. The van der Waals surface area contributed by atoms with E-state index in [9.17, 15) is 13.2 Å². The fourth-order valence-corrected chi connectivity index (χ4v) is 4.13. The monoisotopic (exact) mass is 394 g/mol. The minimum absolute atomic E-state index is 0.153. The molecule has 1 amide bonds. The predicted molar refractivity (Wildman–Crippen MR) is 97.8 cm³/mol. The van der Waals surface area contributed by atoms with Crippen LogP contribution in [0.1, 0.15) is 10.4 Å². The van der Waals surface area contributed by atoms with Crippen LogP contribution in [0.15, 0.2) is 46.3 Å². The van der Waals surface area contributed by atoms with Gasteiger partial charge in [0.2, 0.25) is 10.0 Å². The molecule has 1 N–H and O–H groups in total. The lowest BCUT2D eigenvalue weighted by Crippen LogP contribution is -2.40. The Hall–Kier alpha value is -2.01. The van der Waals surface area contributed by atoms with E-state index in [1.807, 2.05) is 6.26 Å². The number of thioether (sulfide) groups is 1. The van der Waals surface area contributed by atoms with Crippen molar-refractivity contribution < 1.29 is 17.9 Å². The van der Waals surface area contributed by atoms with Gasteiger partial charge in [0.1, 0.15) is 5.03 Å². The van der Waals surface area contributed by atoms with Crippen molar-refractivity contribution in [2.45, 2.75) is 9.92 Å². The van der Waals surface area contributed by atoms with E-state index in [1.165, 1.54) is 40.3 Å². The van der Waals surface area contributed by atoms with Crippen molar-refractivity contribution in [3.05, 3.63) is 42.0 Å². The molecule has 2 aromatic rings. The Bertz CT molecular complexity index is 864. The SMILES string of the molecule is CSc1ccc(NC(=O)c2ccc(S(=O)(=O)N3CCOCC3)cc2)nn1. The van der Waals surface area contributed by atoms with Crippen molar-refractivity contribution >= 4 is 33.5 Å². The summed E-state index contributed by atoms with van der Waals surface area (Å²) in [6, 6.07) is 9.24. The average molecular weight is 394 g/mol. The minimum Gasteiger partial charge on any atom is -0.379 e. The number of hydrogen-bond donors (Lipinski definition) is 1. The van der Waals surface area contributed by atoms with Crippen molar-refractivity contribution in [3.8, 4) is 0 Å². The summed E-state index contributed by atoms with van der Waals surface area (Å²) in [4.78, 5) is 12.4. The van der Waals surface area contributed by atoms with Gasteiger partial charge in [-0.3, -0.25) is 4.79 Å². The number of nitrogens with zero attached hydrogens (tertiary/aromatic N) is 3. The fourth-order valence-electron chi connectivity index (χ4n) is 2.40. The molecule has 26 heavy (non-hydrogen) atoms. The van der Waals surface area contributed by atoms with Crippen LogP contribution in [0.25, 0.3) is 0 Å². The number of hydrogen-bond acceptors (Lipinski definition) is 7.